The third kappa shape index (κ3) is 2.75. The maximum atomic E-state index is 12.6. The minimum Gasteiger partial charge on any atom is -0.396 e. The summed E-state index contributed by atoms with van der Waals surface area (Å²) < 4.78 is 37.7. The number of nitriles is 1. The fraction of sp³-hybridized carbons (Fsp3) is 0.462. The molecule has 1 aliphatic rings. The molecule has 1 saturated heterocycles. The third-order valence-corrected chi connectivity index (χ3v) is 3.50. The Morgan fingerprint density at radius 1 is 1.26 bits per heavy atom. The molecule has 3 nitrogen and oxygen atoms in total. The number of halogens is 3. The van der Waals surface area contributed by atoms with Gasteiger partial charge < -0.3 is 10.6 Å². The van der Waals surface area contributed by atoms with Gasteiger partial charge >= 0.3 is 6.18 Å². The van der Waals surface area contributed by atoms with Crippen LogP contribution in [0.25, 0.3) is 0 Å². The Labute approximate surface area is 109 Å². The number of rotatable bonds is 1. The van der Waals surface area contributed by atoms with Gasteiger partial charge in [-0.15, -0.1) is 0 Å². The van der Waals surface area contributed by atoms with Crippen LogP contribution in [0.4, 0.5) is 24.5 Å². The highest BCUT2D eigenvalue weighted by molar-refractivity contribution is 5.74. The molecule has 0 aliphatic carbocycles. The number of nitrogens with zero attached hydrogens (tertiary/aromatic N) is 2. The molecule has 1 aromatic carbocycles. The predicted octanol–water partition coefficient (Wildman–Crippen LogP) is 2.92. The second-order valence-corrected chi connectivity index (χ2v) is 4.65. The molecule has 6 heteroatoms. The fourth-order valence-electron chi connectivity index (χ4n) is 2.37. The second-order valence-electron chi connectivity index (χ2n) is 4.65. The number of anilines is 2. The lowest BCUT2D eigenvalue weighted by Crippen LogP contribution is -2.39. The first-order valence-electron chi connectivity index (χ1n) is 6.03. The number of alkyl halides is 3. The largest absolute Gasteiger partial charge is 0.396 e. The van der Waals surface area contributed by atoms with Gasteiger partial charge in [0, 0.05) is 13.1 Å². The van der Waals surface area contributed by atoms with Crippen molar-refractivity contribution in [2.24, 2.45) is 5.92 Å². The van der Waals surface area contributed by atoms with Crippen LogP contribution in [-0.2, 0) is 0 Å². The Hall–Kier alpha value is -1.90. The molecule has 1 heterocycles. The van der Waals surface area contributed by atoms with E-state index in [1.165, 1.54) is 0 Å². The standard InChI is InChI=1S/C13H14F3N3/c14-13(15,16)10-4-6-19(7-5-10)11-3-1-2-9(8-17)12(11)18/h1-3,10H,4-7,18H2. The first-order valence-corrected chi connectivity index (χ1v) is 6.03. The summed E-state index contributed by atoms with van der Waals surface area (Å²) in [5.74, 6) is -1.23. The number of nitrogen functional groups attached to an aromatic ring is 1. The van der Waals surface area contributed by atoms with Crippen molar-refractivity contribution < 1.29 is 13.2 Å². The van der Waals surface area contributed by atoms with Crippen molar-refractivity contribution in [3.8, 4) is 6.07 Å². The topological polar surface area (TPSA) is 53.0 Å². The first kappa shape index (κ1) is 13.5. The van der Waals surface area contributed by atoms with Crippen molar-refractivity contribution in [3.05, 3.63) is 23.8 Å². The molecule has 0 bridgehead atoms. The lowest BCUT2D eigenvalue weighted by Gasteiger charge is -2.35. The molecule has 2 rings (SSSR count). The van der Waals surface area contributed by atoms with E-state index in [0.717, 1.165) is 0 Å². The van der Waals surface area contributed by atoms with Crippen LogP contribution in [-0.4, -0.2) is 19.3 Å². The molecule has 0 aromatic heterocycles. The van der Waals surface area contributed by atoms with Crippen LogP contribution in [0.15, 0.2) is 18.2 Å². The zero-order valence-corrected chi connectivity index (χ0v) is 10.2. The number of benzene rings is 1. The Balaban J connectivity index is 2.13. The maximum absolute atomic E-state index is 12.6. The van der Waals surface area contributed by atoms with Crippen LogP contribution in [0.2, 0.25) is 0 Å². The molecular weight excluding hydrogens is 255 g/mol. The monoisotopic (exact) mass is 269 g/mol. The van der Waals surface area contributed by atoms with Gasteiger partial charge in [-0.25, -0.2) is 0 Å². The minimum absolute atomic E-state index is 0.0692. The number of hydrogen-bond acceptors (Lipinski definition) is 3. The second kappa shape index (κ2) is 5.00. The first-order chi connectivity index (χ1) is 8.93. The number of nitrogens with two attached hydrogens (primary N) is 1. The van der Waals surface area contributed by atoms with Gasteiger partial charge in [0.25, 0.3) is 0 Å². The van der Waals surface area contributed by atoms with Crippen molar-refractivity contribution in [2.45, 2.75) is 19.0 Å². The molecule has 1 aliphatic heterocycles. The van der Waals surface area contributed by atoms with Gasteiger partial charge in [-0.3, -0.25) is 0 Å². The van der Waals surface area contributed by atoms with Crippen molar-refractivity contribution in [2.75, 3.05) is 23.7 Å². The zero-order valence-electron chi connectivity index (χ0n) is 10.2. The van der Waals surface area contributed by atoms with Gasteiger partial charge in [0.1, 0.15) is 6.07 Å². The van der Waals surface area contributed by atoms with Gasteiger partial charge in [0.15, 0.2) is 0 Å². The quantitative estimate of drug-likeness (QED) is 0.797. The van der Waals surface area contributed by atoms with Gasteiger partial charge in [-0.2, -0.15) is 18.4 Å². The number of para-hydroxylation sites is 1. The molecule has 0 unspecified atom stereocenters. The summed E-state index contributed by atoms with van der Waals surface area (Å²) in [6.07, 6.45) is -3.98. The molecule has 0 radical (unpaired) electrons. The number of piperidine rings is 1. The minimum atomic E-state index is -4.12. The smallest absolute Gasteiger partial charge is 0.391 e. The average Bonchev–Trinajstić information content (AvgIpc) is 2.38. The van der Waals surface area contributed by atoms with E-state index < -0.39 is 12.1 Å². The summed E-state index contributed by atoms with van der Waals surface area (Å²) in [5.41, 5.74) is 7.21. The normalized spacial score (nSPS) is 17.3. The van der Waals surface area contributed by atoms with E-state index in [9.17, 15) is 13.2 Å². The molecule has 0 atom stereocenters. The van der Waals surface area contributed by atoms with Crippen molar-refractivity contribution >= 4 is 11.4 Å². The van der Waals surface area contributed by atoms with E-state index in [-0.39, 0.29) is 12.8 Å². The van der Waals surface area contributed by atoms with Gasteiger partial charge in [-0.1, -0.05) is 6.07 Å². The molecule has 0 amide bonds. The van der Waals surface area contributed by atoms with Gasteiger partial charge in [-0.05, 0) is 25.0 Å². The Morgan fingerprint density at radius 2 is 1.89 bits per heavy atom. The molecule has 1 fully saturated rings. The van der Waals surface area contributed by atoms with Crippen LogP contribution in [0.1, 0.15) is 18.4 Å². The van der Waals surface area contributed by atoms with Crippen molar-refractivity contribution in [3.63, 3.8) is 0 Å². The highest BCUT2D eigenvalue weighted by Gasteiger charge is 2.41. The lowest BCUT2D eigenvalue weighted by molar-refractivity contribution is -0.179. The van der Waals surface area contributed by atoms with E-state index in [1.54, 1.807) is 18.2 Å². The maximum Gasteiger partial charge on any atom is 0.391 e. The molecule has 102 valence electrons. The molecule has 1 aromatic rings. The van der Waals surface area contributed by atoms with Crippen LogP contribution in [0.3, 0.4) is 0 Å². The van der Waals surface area contributed by atoms with E-state index >= 15 is 0 Å². The Kier molecular flexibility index (Phi) is 3.56. The highest BCUT2D eigenvalue weighted by Crippen LogP contribution is 2.36. The summed E-state index contributed by atoms with van der Waals surface area (Å²) in [6.45, 7) is 0.618. The SMILES string of the molecule is N#Cc1cccc(N2CCC(C(F)(F)F)CC2)c1N. The van der Waals surface area contributed by atoms with Crippen LogP contribution < -0.4 is 10.6 Å². The van der Waals surface area contributed by atoms with Crippen LogP contribution in [0, 0.1) is 17.2 Å². The van der Waals surface area contributed by atoms with E-state index in [4.69, 9.17) is 11.0 Å². The third-order valence-electron chi connectivity index (χ3n) is 3.50. The molecule has 0 spiro atoms. The molecule has 0 saturated carbocycles. The summed E-state index contributed by atoms with van der Waals surface area (Å²) in [4.78, 5) is 1.82. The Morgan fingerprint density at radius 3 is 2.42 bits per heavy atom. The van der Waals surface area contributed by atoms with E-state index in [0.29, 0.717) is 30.0 Å². The van der Waals surface area contributed by atoms with Crippen molar-refractivity contribution in [1.29, 1.82) is 5.26 Å². The van der Waals surface area contributed by atoms with E-state index in [2.05, 4.69) is 0 Å². The van der Waals surface area contributed by atoms with Crippen LogP contribution in [0.5, 0.6) is 0 Å². The zero-order chi connectivity index (χ0) is 14.0. The Bertz CT molecular complexity index is 497. The van der Waals surface area contributed by atoms with Gasteiger partial charge in [0.05, 0.1) is 22.9 Å². The molecule has 19 heavy (non-hydrogen) atoms. The molecule has 2 N–H and O–H groups in total. The van der Waals surface area contributed by atoms with Gasteiger partial charge in [0.2, 0.25) is 0 Å². The van der Waals surface area contributed by atoms with E-state index in [1.807, 2.05) is 11.0 Å². The average molecular weight is 269 g/mol. The molecular formula is C13H14F3N3. The summed E-state index contributed by atoms with van der Waals surface area (Å²) in [7, 11) is 0. The predicted molar refractivity (Wildman–Crippen MR) is 66.6 cm³/mol. The van der Waals surface area contributed by atoms with Crippen molar-refractivity contribution in [1.82, 2.24) is 0 Å². The highest BCUT2D eigenvalue weighted by atomic mass is 19.4. The summed E-state index contributed by atoms with van der Waals surface area (Å²) in [6, 6.07) is 7.01. The fourth-order valence-corrected chi connectivity index (χ4v) is 2.37. The van der Waals surface area contributed by atoms with Crippen LogP contribution >= 0.6 is 0 Å². The summed E-state index contributed by atoms with van der Waals surface area (Å²) >= 11 is 0. The lowest BCUT2D eigenvalue weighted by atomic mass is 9.95. The summed E-state index contributed by atoms with van der Waals surface area (Å²) in [5, 5.41) is 8.89. The number of hydrogen-bond donors (Lipinski definition) is 1.